The van der Waals surface area contributed by atoms with Crippen molar-refractivity contribution in [2.24, 2.45) is 5.41 Å². The lowest BCUT2D eigenvalue weighted by molar-refractivity contribution is 0.00926. The summed E-state index contributed by atoms with van der Waals surface area (Å²) in [5, 5.41) is 26.4. The van der Waals surface area contributed by atoms with Crippen molar-refractivity contribution >= 4 is 17.5 Å². The topological polar surface area (TPSA) is 97.1 Å². The van der Waals surface area contributed by atoms with Gasteiger partial charge in [-0.1, -0.05) is 38.6 Å². The number of aromatic nitrogens is 2. The van der Waals surface area contributed by atoms with Gasteiger partial charge in [0.2, 0.25) is 5.95 Å². The average molecular weight is 435 g/mol. The predicted molar refractivity (Wildman–Crippen MR) is 129 cm³/mol. The lowest BCUT2D eigenvalue weighted by atomic mass is 9.73. The Labute approximate surface area is 191 Å². The van der Waals surface area contributed by atoms with E-state index in [4.69, 9.17) is 0 Å². The summed E-state index contributed by atoms with van der Waals surface area (Å²) in [5.74, 6) is 1.04. The zero-order chi connectivity index (χ0) is 23.3. The van der Waals surface area contributed by atoms with E-state index in [9.17, 15) is 10.4 Å². The van der Waals surface area contributed by atoms with Crippen molar-refractivity contribution in [2.75, 3.05) is 31.3 Å². The van der Waals surface area contributed by atoms with Crippen molar-refractivity contribution in [1.82, 2.24) is 14.9 Å². The minimum Gasteiger partial charge on any atom is -0.393 e. The summed E-state index contributed by atoms with van der Waals surface area (Å²) < 4.78 is 0. The maximum atomic E-state index is 10.2. The number of hydrogen-bond donors (Lipinski definition) is 3. The molecule has 0 bridgehead atoms. The van der Waals surface area contributed by atoms with Gasteiger partial charge in [-0.05, 0) is 48.3 Å². The lowest BCUT2D eigenvalue weighted by Gasteiger charge is -2.40. The molecule has 0 radical (unpaired) electrons. The molecule has 1 saturated carbocycles. The van der Waals surface area contributed by atoms with E-state index in [0.717, 1.165) is 36.9 Å². The Morgan fingerprint density at radius 2 is 2.12 bits per heavy atom. The number of rotatable bonds is 8. The van der Waals surface area contributed by atoms with Gasteiger partial charge < -0.3 is 20.6 Å². The minimum absolute atomic E-state index is 0.163. The van der Waals surface area contributed by atoms with Crippen LogP contribution in [-0.4, -0.2) is 52.8 Å². The molecule has 0 spiro atoms. The summed E-state index contributed by atoms with van der Waals surface area (Å²) in [6, 6.07) is 10.7. The number of anilines is 2. The van der Waals surface area contributed by atoms with Gasteiger partial charge in [0.05, 0.1) is 12.3 Å². The van der Waals surface area contributed by atoms with Crippen LogP contribution in [0.15, 0.2) is 37.0 Å². The van der Waals surface area contributed by atoms with Crippen molar-refractivity contribution in [1.29, 1.82) is 5.26 Å². The zero-order valence-corrected chi connectivity index (χ0v) is 19.5. The van der Waals surface area contributed by atoms with Gasteiger partial charge in [-0.2, -0.15) is 10.2 Å². The van der Waals surface area contributed by atoms with E-state index in [2.05, 4.69) is 65.3 Å². The van der Waals surface area contributed by atoms with Crippen LogP contribution >= 0.6 is 0 Å². The quantitative estimate of drug-likeness (QED) is 0.580. The third-order valence-corrected chi connectivity index (χ3v) is 6.21. The normalized spacial score (nSPS) is 19.6. The fourth-order valence-corrected chi connectivity index (χ4v) is 4.08. The first kappa shape index (κ1) is 23.6. The zero-order valence-electron chi connectivity index (χ0n) is 19.5. The molecule has 1 aliphatic carbocycles. The largest absolute Gasteiger partial charge is 0.393 e. The van der Waals surface area contributed by atoms with Crippen LogP contribution in [0, 0.1) is 16.7 Å². The van der Waals surface area contributed by atoms with E-state index < -0.39 is 0 Å². The Kier molecular flexibility index (Phi) is 7.37. The Morgan fingerprint density at radius 3 is 2.81 bits per heavy atom. The number of aliphatic hydroxyl groups excluding tert-OH is 1. The van der Waals surface area contributed by atoms with Crippen molar-refractivity contribution in [3.8, 4) is 6.07 Å². The Bertz CT molecular complexity index is 994. The summed E-state index contributed by atoms with van der Waals surface area (Å²) in [4.78, 5) is 10.9. The number of benzene rings is 1. The molecule has 1 aromatic carbocycles. The molecule has 0 aliphatic heterocycles. The summed E-state index contributed by atoms with van der Waals surface area (Å²) in [6.07, 6.45) is 4.48. The molecule has 2 aromatic rings. The first-order valence-electron chi connectivity index (χ1n) is 11.1. The summed E-state index contributed by atoms with van der Waals surface area (Å²) in [6.45, 7) is 8.95. The maximum absolute atomic E-state index is 10.2. The molecule has 3 N–H and O–H groups in total. The van der Waals surface area contributed by atoms with Crippen LogP contribution in [0.1, 0.15) is 49.8 Å². The molecule has 3 rings (SSSR count). The fraction of sp³-hybridized carbons (Fsp3) is 0.480. The van der Waals surface area contributed by atoms with Crippen LogP contribution in [0.4, 0.5) is 11.8 Å². The second-order valence-corrected chi connectivity index (χ2v) is 9.41. The van der Waals surface area contributed by atoms with Crippen LogP contribution in [0.25, 0.3) is 5.70 Å². The van der Waals surface area contributed by atoms with Gasteiger partial charge in [-0.25, -0.2) is 4.98 Å². The molecule has 1 aromatic heterocycles. The van der Waals surface area contributed by atoms with E-state index >= 15 is 0 Å². The first-order chi connectivity index (χ1) is 15.2. The van der Waals surface area contributed by atoms with Gasteiger partial charge in [0.1, 0.15) is 17.5 Å². The van der Waals surface area contributed by atoms with Gasteiger partial charge in [0.15, 0.2) is 0 Å². The van der Waals surface area contributed by atoms with E-state index in [0.29, 0.717) is 23.9 Å². The van der Waals surface area contributed by atoms with E-state index in [1.807, 2.05) is 25.1 Å². The molecule has 1 heterocycles. The summed E-state index contributed by atoms with van der Waals surface area (Å²) >= 11 is 0. The highest BCUT2D eigenvalue weighted by Gasteiger charge is 2.35. The highest BCUT2D eigenvalue weighted by Crippen LogP contribution is 2.37. The maximum Gasteiger partial charge on any atom is 0.224 e. The van der Waals surface area contributed by atoms with Crippen LogP contribution in [0.2, 0.25) is 0 Å². The molecule has 7 nitrogen and oxygen atoms in total. The minimum atomic E-state index is -0.299. The second kappa shape index (κ2) is 10.0. The number of hydrogen-bond acceptors (Lipinski definition) is 7. The Hall–Kier alpha value is -3.11. The lowest BCUT2D eigenvalue weighted by Crippen LogP contribution is -2.41. The molecular formula is C25H34N6O. The van der Waals surface area contributed by atoms with Crippen LogP contribution in [-0.2, 0) is 6.42 Å². The third-order valence-electron chi connectivity index (χ3n) is 6.21. The number of nitriles is 1. The molecule has 7 heteroatoms. The van der Waals surface area contributed by atoms with Gasteiger partial charge in [-0.3, -0.25) is 0 Å². The Balaban J connectivity index is 1.63. The third kappa shape index (κ3) is 5.77. The van der Waals surface area contributed by atoms with Crippen molar-refractivity contribution in [3.63, 3.8) is 0 Å². The standard InChI is InChI=1S/C25H34N6O/c1-17(31(4)5)19-8-6-7-18(13-19)11-12-27-24-28-16-20(15-26)23(30-24)29-21-9-10-22(32)25(2,3)14-21/h6-8,13,16,21-22,32H,1,9-12,14H2,2-5H3,(H2,27,28,29,30)/t21-,22+/m1/s1. The highest BCUT2D eigenvalue weighted by atomic mass is 16.3. The van der Waals surface area contributed by atoms with Crippen molar-refractivity contribution < 1.29 is 5.11 Å². The predicted octanol–water partition coefficient (Wildman–Crippen LogP) is 3.89. The van der Waals surface area contributed by atoms with E-state index in [1.54, 1.807) is 6.20 Å². The SMILES string of the molecule is C=C(c1cccc(CCNc2ncc(C#N)c(N[C@@H]3CC[C@H](O)C(C)(C)C3)n2)c1)N(C)C. The average Bonchev–Trinajstić information content (AvgIpc) is 2.76. The van der Waals surface area contributed by atoms with E-state index in [-0.39, 0.29) is 17.6 Å². The summed E-state index contributed by atoms with van der Waals surface area (Å²) in [7, 11) is 3.97. The molecule has 2 atom stereocenters. The monoisotopic (exact) mass is 434 g/mol. The molecule has 170 valence electrons. The Morgan fingerprint density at radius 1 is 1.34 bits per heavy atom. The van der Waals surface area contributed by atoms with Crippen molar-refractivity contribution in [3.05, 3.63) is 53.7 Å². The van der Waals surface area contributed by atoms with Crippen LogP contribution < -0.4 is 10.6 Å². The van der Waals surface area contributed by atoms with Gasteiger partial charge in [0, 0.05) is 32.4 Å². The van der Waals surface area contributed by atoms with Gasteiger partial charge in [0.25, 0.3) is 0 Å². The summed E-state index contributed by atoms with van der Waals surface area (Å²) in [5.41, 5.74) is 3.55. The molecule has 0 unspecified atom stereocenters. The van der Waals surface area contributed by atoms with Crippen LogP contribution in [0.5, 0.6) is 0 Å². The fourth-order valence-electron chi connectivity index (χ4n) is 4.08. The first-order valence-corrected chi connectivity index (χ1v) is 11.1. The number of aliphatic hydroxyl groups is 1. The van der Waals surface area contributed by atoms with Crippen molar-refractivity contribution in [2.45, 2.75) is 51.7 Å². The molecule has 0 saturated heterocycles. The van der Waals surface area contributed by atoms with Gasteiger partial charge in [-0.15, -0.1) is 0 Å². The van der Waals surface area contributed by atoms with Crippen LogP contribution in [0.3, 0.4) is 0 Å². The van der Waals surface area contributed by atoms with E-state index in [1.165, 1.54) is 5.56 Å². The molecule has 32 heavy (non-hydrogen) atoms. The highest BCUT2D eigenvalue weighted by molar-refractivity contribution is 5.62. The molecular weight excluding hydrogens is 400 g/mol. The smallest absolute Gasteiger partial charge is 0.224 e. The molecule has 1 fully saturated rings. The van der Waals surface area contributed by atoms with Gasteiger partial charge >= 0.3 is 0 Å². The molecule has 0 amide bonds. The number of nitrogens with zero attached hydrogens (tertiary/aromatic N) is 4. The second-order valence-electron chi connectivity index (χ2n) is 9.41. The number of nitrogens with one attached hydrogen (secondary N) is 2. The molecule has 1 aliphatic rings.